The molecule has 1 aromatic rings. The first-order valence-corrected chi connectivity index (χ1v) is 7.33. The van der Waals surface area contributed by atoms with E-state index in [2.05, 4.69) is 4.74 Å². The molecule has 0 spiro atoms. The predicted octanol–water partition coefficient (Wildman–Crippen LogP) is 1.58. The van der Waals surface area contributed by atoms with Gasteiger partial charge in [0, 0.05) is 11.0 Å². The van der Waals surface area contributed by atoms with Gasteiger partial charge in [0.15, 0.2) is 0 Å². The minimum atomic E-state index is -1.29. The van der Waals surface area contributed by atoms with Gasteiger partial charge < -0.3 is 9.84 Å². The van der Waals surface area contributed by atoms with Gasteiger partial charge in [-0.1, -0.05) is 17.7 Å². The van der Waals surface area contributed by atoms with Crippen LogP contribution in [0.4, 0.5) is 0 Å². The molecule has 0 saturated carbocycles. The van der Waals surface area contributed by atoms with E-state index in [1.165, 1.54) is 6.08 Å². The van der Waals surface area contributed by atoms with E-state index in [9.17, 15) is 14.1 Å². The molecule has 1 rings (SSSR count). The van der Waals surface area contributed by atoms with Gasteiger partial charge in [0.1, 0.15) is 0 Å². The number of esters is 1. The summed E-state index contributed by atoms with van der Waals surface area (Å²) in [6.07, 6.45) is 1.51. The van der Waals surface area contributed by atoms with Gasteiger partial charge in [0.05, 0.1) is 29.3 Å². The highest BCUT2D eigenvalue weighted by molar-refractivity contribution is 7.85. The number of aliphatic hydroxyl groups excluding tert-OH is 1. The molecular weight excluding hydrogens is 264 g/mol. The van der Waals surface area contributed by atoms with E-state index in [0.29, 0.717) is 4.90 Å². The highest BCUT2D eigenvalue weighted by Crippen LogP contribution is 2.09. The highest BCUT2D eigenvalue weighted by Gasteiger charge is 2.09. The Morgan fingerprint density at radius 1 is 1.42 bits per heavy atom. The molecule has 0 amide bonds. The van der Waals surface area contributed by atoms with Crippen LogP contribution in [0.15, 0.2) is 41.3 Å². The lowest BCUT2D eigenvalue weighted by molar-refractivity contribution is -0.137. The summed E-state index contributed by atoms with van der Waals surface area (Å²) in [7, 11) is -1.29. The zero-order valence-corrected chi connectivity index (χ0v) is 11.9. The molecule has 19 heavy (non-hydrogen) atoms. The number of hydrogen-bond donors (Lipinski definition) is 1. The Labute approximate surface area is 115 Å². The van der Waals surface area contributed by atoms with E-state index in [4.69, 9.17) is 0 Å². The molecule has 0 aromatic heterocycles. The second kappa shape index (κ2) is 7.86. The third-order valence-electron chi connectivity index (χ3n) is 2.35. The van der Waals surface area contributed by atoms with Crippen LogP contribution in [0, 0.1) is 6.92 Å². The summed E-state index contributed by atoms with van der Waals surface area (Å²) < 4.78 is 16.6. The van der Waals surface area contributed by atoms with Crippen LogP contribution in [0.3, 0.4) is 0 Å². The standard InChI is InChI=1S/C14H18O4S/c1-3-18-14(16)9-6-12(15)10-19(17)13-7-4-11(2)5-8-13/h4-9,12,15H,3,10H2,1-2H3/b9-6+/t12-,19?/m0/s1. The lowest BCUT2D eigenvalue weighted by Gasteiger charge is -2.06. The van der Waals surface area contributed by atoms with E-state index in [1.807, 2.05) is 19.1 Å². The lowest BCUT2D eigenvalue weighted by Crippen LogP contribution is -2.15. The zero-order valence-electron chi connectivity index (χ0n) is 11.0. The third kappa shape index (κ3) is 5.81. The molecule has 1 N–H and O–H groups in total. The number of aliphatic hydroxyl groups is 1. The fourth-order valence-corrected chi connectivity index (χ4v) is 2.43. The molecule has 0 aliphatic heterocycles. The van der Waals surface area contributed by atoms with Gasteiger partial charge in [0.2, 0.25) is 0 Å². The molecule has 2 atom stereocenters. The topological polar surface area (TPSA) is 63.6 Å². The molecule has 4 nitrogen and oxygen atoms in total. The monoisotopic (exact) mass is 282 g/mol. The molecule has 0 aliphatic rings. The van der Waals surface area contributed by atoms with Crippen LogP contribution in [0.1, 0.15) is 12.5 Å². The molecule has 0 fully saturated rings. The Hall–Kier alpha value is -1.46. The van der Waals surface area contributed by atoms with Crippen LogP contribution in [0.2, 0.25) is 0 Å². The van der Waals surface area contributed by atoms with Crippen LogP contribution in [0.5, 0.6) is 0 Å². The van der Waals surface area contributed by atoms with Crippen molar-refractivity contribution in [2.24, 2.45) is 0 Å². The van der Waals surface area contributed by atoms with Crippen molar-refractivity contribution < 1.29 is 18.8 Å². The van der Waals surface area contributed by atoms with Crippen molar-refractivity contribution in [3.63, 3.8) is 0 Å². The zero-order chi connectivity index (χ0) is 14.3. The van der Waals surface area contributed by atoms with Crippen LogP contribution in [-0.4, -0.2) is 33.7 Å². The summed E-state index contributed by atoms with van der Waals surface area (Å²) >= 11 is 0. The maximum absolute atomic E-state index is 11.9. The molecule has 0 heterocycles. The van der Waals surface area contributed by atoms with E-state index < -0.39 is 22.9 Å². The van der Waals surface area contributed by atoms with Crippen molar-refractivity contribution in [3.05, 3.63) is 42.0 Å². The Balaban J connectivity index is 2.52. The molecule has 0 bridgehead atoms. The first kappa shape index (κ1) is 15.6. The molecule has 0 saturated heterocycles. The summed E-state index contributed by atoms with van der Waals surface area (Å²) in [4.78, 5) is 11.7. The van der Waals surface area contributed by atoms with Crippen molar-refractivity contribution in [2.45, 2.75) is 24.8 Å². The fourth-order valence-electron chi connectivity index (χ4n) is 1.38. The van der Waals surface area contributed by atoms with Gasteiger partial charge in [-0.05, 0) is 32.1 Å². The summed E-state index contributed by atoms with van der Waals surface area (Å²) in [6.45, 7) is 3.94. The van der Waals surface area contributed by atoms with Crippen molar-refractivity contribution in [3.8, 4) is 0 Å². The second-order valence-electron chi connectivity index (χ2n) is 4.00. The second-order valence-corrected chi connectivity index (χ2v) is 5.50. The molecular formula is C14H18O4S. The highest BCUT2D eigenvalue weighted by atomic mass is 32.2. The maximum Gasteiger partial charge on any atom is 0.330 e. The minimum Gasteiger partial charge on any atom is -0.463 e. The average molecular weight is 282 g/mol. The Kier molecular flexibility index (Phi) is 6.45. The SMILES string of the molecule is CCOC(=O)/C=C/[C@H](O)CS(=O)c1ccc(C)cc1. The van der Waals surface area contributed by atoms with Gasteiger partial charge in [-0.3, -0.25) is 4.21 Å². The smallest absolute Gasteiger partial charge is 0.330 e. The molecule has 0 aliphatic carbocycles. The average Bonchev–Trinajstić information content (AvgIpc) is 2.37. The normalized spacial score (nSPS) is 14.3. The van der Waals surface area contributed by atoms with Crippen LogP contribution >= 0.6 is 0 Å². The van der Waals surface area contributed by atoms with Gasteiger partial charge >= 0.3 is 5.97 Å². The van der Waals surface area contributed by atoms with E-state index in [0.717, 1.165) is 11.6 Å². The number of rotatable bonds is 6. The molecule has 1 unspecified atom stereocenters. The lowest BCUT2D eigenvalue weighted by atomic mass is 10.2. The first-order valence-electron chi connectivity index (χ1n) is 6.01. The largest absolute Gasteiger partial charge is 0.463 e. The van der Waals surface area contributed by atoms with Gasteiger partial charge in [0.25, 0.3) is 0 Å². The third-order valence-corrected chi connectivity index (χ3v) is 3.79. The number of aryl methyl sites for hydroxylation is 1. The summed E-state index contributed by atoms with van der Waals surface area (Å²) in [5, 5.41) is 9.66. The quantitative estimate of drug-likeness (QED) is 0.635. The Bertz CT molecular complexity index is 465. The van der Waals surface area contributed by atoms with E-state index >= 15 is 0 Å². The van der Waals surface area contributed by atoms with E-state index in [-0.39, 0.29) is 12.4 Å². The predicted molar refractivity (Wildman–Crippen MR) is 74.2 cm³/mol. The number of benzene rings is 1. The van der Waals surface area contributed by atoms with Gasteiger partial charge in [-0.2, -0.15) is 0 Å². The maximum atomic E-state index is 11.9. The van der Waals surface area contributed by atoms with Crippen LogP contribution in [-0.2, 0) is 20.3 Å². The minimum absolute atomic E-state index is 0.0545. The van der Waals surface area contributed by atoms with Crippen molar-refractivity contribution in [2.75, 3.05) is 12.4 Å². The summed E-state index contributed by atoms with van der Waals surface area (Å²) in [5.41, 5.74) is 1.09. The van der Waals surface area contributed by atoms with Crippen molar-refractivity contribution >= 4 is 16.8 Å². The van der Waals surface area contributed by atoms with Crippen molar-refractivity contribution in [1.82, 2.24) is 0 Å². The van der Waals surface area contributed by atoms with Gasteiger partial charge in [-0.25, -0.2) is 4.79 Å². The molecule has 0 radical (unpaired) electrons. The number of hydrogen-bond acceptors (Lipinski definition) is 4. The van der Waals surface area contributed by atoms with Crippen LogP contribution in [0.25, 0.3) is 0 Å². The van der Waals surface area contributed by atoms with Gasteiger partial charge in [-0.15, -0.1) is 0 Å². The Morgan fingerprint density at radius 2 is 2.05 bits per heavy atom. The molecule has 1 aromatic carbocycles. The number of ether oxygens (including phenoxy) is 1. The fraction of sp³-hybridized carbons (Fsp3) is 0.357. The molecule has 104 valence electrons. The van der Waals surface area contributed by atoms with E-state index in [1.54, 1.807) is 19.1 Å². The summed E-state index contributed by atoms with van der Waals surface area (Å²) in [6, 6.07) is 7.28. The van der Waals surface area contributed by atoms with Crippen LogP contribution < -0.4 is 0 Å². The number of carbonyl (C=O) groups excluding carboxylic acids is 1. The Morgan fingerprint density at radius 3 is 2.63 bits per heavy atom. The molecule has 5 heteroatoms. The van der Waals surface area contributed by atoms with Crippen molar-refractivity contribution in [1.29, 1.82) is 0 Å². The first-order chi connectivity index (χ1) is 9.02. The number of carbonyl (C=O) groups is 1. The summed E-state index contributed by atoms with van der Waals surface area (Å²) in [5.74, 6) is -0.457.